The molecule has 2 nitrogen and oxygen atoms in total. The summed E-state index contributed by atoms with van der Waals surface area (Å²) in [5.74, 6) is 0. The highest BCUT2D eigenvalue weighted by Gasteiger charge is 2.52. The van der Waals surface area contributed by atoms with Gasteiger partial charge in [-0.1, -0.05) is 166 Å². The molecule has 3 aliphatic carbocycles. The largest absolute Gasteiger partial charge is 0.310 e. The molecule has 0 N–H and O–H groups in total. The molecule has 0 saturated carbocycles. The van der Waals surface area contributed by atoms with Crippen molar-refractivity contribution in [3.63, 3.8) is 0 Å². The first-order valence-corrected chi connectivity index (χ1v) is 21.0. The summed E-state index contributed by atoms with van der Waals surface area (Å²) in [4.78, 5) is 4.89. The molecule has 9 aromatic carbocycles. The maximum atomic E-state index is 2.50. The van der Waals surface area contributed by atoms with Crippen LogP contribution in [0.25, 0.3) is 33.4 Å². The van der Waals surface area contributed by atoms with E-state index < -0.39 is 5.41 Å². The van der Waals surface area contributed by atoms with E-state index in [2.05, 4.69) is 242 Å². The van der Waals surface area contributed by atoms with Gasteiger partial charge in [0.25, 0.3) is 0 Å². The Bertz CT molecular complexity index is 3090. The Hall–Kier alpha value is -7.42. The van der Waals surface area contributed by atoms with Gasteiger partial charge in [0.05, 0.1) is 11.1 Å². The topological polar surface area (TPSA) is 6.48 Å². The zero-order valence-electron chi connectivity index (χ0n) is 33.7. The third kappa shape index (κ3) is 4.76. The molecule has 9 aromatic rings. The van der Waals surface area contributed by atoms with E-state index in [4.69, 9.17) is 0 Å². The Morgan fingerprint density at radius 3 is 1.32 bits per heavy atom. The molecule has 284 valence electrons. The Labute approximate surface area is 352 Å². The second-order valence-corrected chi connectivity index (χ2v) is 16.8. The molecule has 0 aromatic heterocycles. The number of hydrogen-bond acceptors (Lipinski definition) is 2. The molecule has 0 amide bonds. The zero-order valence-corrected chi connectivity index (χ0v) is 33.7. The van der Waals surface area contributed by atoms with Crippen LogP contribution in [0.15, 0.2) is 218 Å². The van der Waals surface area contributed by atoms with Gasteiger partial charge in [-0.2, -0.15) is 0 Å². The Morgan fingerprint density at radius 2 is 0.700 bits per heavy atom. The second-order valence-electron chi connectivity index (χ2n) is 16.8. The summed E-state index contributed by atoms with van der Waals surface area (Å²) in [6, 6.07) is 80.9. The predicted octanol–water partition coefficient (Wildman–Crippen LogP) is 15.3. The normalized spacial score (nSPS) is 15.7. The van der Waals surface area contributed by atoms with Crippen LogP contribution in [-0.2, 0) is 10.8 Å². The van der Waals surface area contributed by atoms with Crippen LogP contribution < -0.4 is 9.80 Å². The van der Waals surface area contributed by atoms with Crippen molar-refractivity contribution in [1.29, 1.82) is 0 Å². The van der Waals surface area contributed by atoms with Gasteiger partial charge in [-0.15, -0.1) is 0 Å². The lowest BCUT2D eigenvalue weighted by molar-refractivity contribution is 0.660. The summed E-state index contributed by atoms with van der Waals surface area (Å²) in [5, 5.41) is 0. The van der Waals surface area contributed by atoms with Crippen LogP contribution in [0.4, 0.5) is 34.1 Å². The van der Waals surface area contributed by atoms with Crippen molar-refractivity contribution in [1.82, 2.24) is 0 Å². The van der Waals surface area contributed by atoms with E-state index >= 15 is 0 Å². The summed E-state index contributed by atoms with van der Waals surface area (Å²) < 4.78 is 0. The lowest BCUT2D eigenvalue weighted by Crippen LogP contribution is -2.26. The molecule has 0 saturated heterocycles. The Morgan fingerprint density at radius 1 is 0.283 bits per heavy atom. The molecule has 0 fully saturated rings. The first-order chi connectivity index (χ1) is 29.5. The minimum absolute atomic E-state index is 0.123. The molecular formula is C58H42N2. The standard InChI is InChI=1S/C58H42N2/c1-57(2)49-28-15-12-25-44(49)46-35-34-43(37-53(46)57)60(41-23-10-5-11-24-41)55-32-18-31-52-56(55)48-27-14-17-30-51(48)58(52)50-29-16-13-26-45(50)47-36-33-42(38-54(47)58)59(39-19-6-3-7-20-39)40-21-8-4-9-22-40/h3-38H,1-2H3. The summed E-state index contributed by atoms with van der Waals surface area (Å²) in [6.45, 7) is 4.74. The van der Waals surface area contributed by atoms with Gasteiger partial charge in [-0.25, -0.2) is 0 Å². The molecule has 12 rings (SSSR count). The number of nitrogens with zero attached hydrogens (tertiary/aromatic N) is 2. The molecule has 1 spiro atoms. The van der Waals surface area contributed by atoms with Crippen LogP contribution in [0.2, 0.25) is 0 Å². The van der Waals surface area contributed by atoms with E-state index in [1.54, 1.807) is 0 Å². The number of anilines is 6. The fraction of sp³-hybridized carbons (Fsp3) is 0.0690. The smallest absolute Gasteiger partial charge is 0.0727 e. The van der Waals surface area contributed by atoms with Crippen molar-refractivity contribution in [2.45, 2.75) is 24.7 Å². The molecular weight excluding hydrogens is 725 g/mol. The summed E-state index contributed by atoms with van der Waals surface area (Å²) in [6.07, 6.45) is 0. The van der Waals surface area contributed by atoms with Crippen LogP contribution in [0.3, 0.4) is 0 Å². The molecule has 0 bridgehead atoms. The van der Waals surface area contributed by atoms with Crippen molar-refractivity contribution in [2.24, 2.45) is 0 Å². The van der Waals surface area contributed by atoms with E-state index in [-0.39, 0.29) is 5.41 Å². The summed E-state index contributed by atoms with van der Waals surface area (Å²) in [7, 11) is 0. The van der Waals surface area contributed by atoms with E-state index in [1.807, 2.05) is 0 Å². The van der Waals surface area contributed by atoms with Crippen molar-refractivity contribution < 1.29 is 0 Å². The minimum atomic E-state index is -0.535. The third-order valence-electron chi connectivity index (χ3n) is 13.4. The number of para-hydroxylation sites is 3. The quantitative estimate of drug-likeness (QED) is 0.166. The maximum absolute atomic E-state index is 2.50. The van der Waals surface area contributed by atoms with Gasteiger partial charge >= 0.3 is 0 Å². The van der Waals surface area contributed by atoms with Crippen LogP contribution in [0.1, 0.15) is 47.2 Å². The van der Waals surface area contributed by atoms with Gasteiger partial charge in [0.2, 0.25) is 0 Å². The number of fused-ring (bicyclic) bond motifs is 13. The second kappa shape index (κ2) is 13.0. The summed E-state index contributed by atoms with van der Waals surface area (Å²) in [5.41, 5.74) is 22.0. The first-order valence-electron chi connectivity index (χ1n) is 21.0. The van der Waals surface area contributed by atoms with E-state index in [0.29, 0.717) is 0 Å². The van der Waals surface area contributed by atoms with Gasteiger partial charge < -0.3 is 9.80 Å². The number of rotatable bonds is 6. The van der Waals surface area contributed by atoms with Crippen molar-refractivity contribution in [2.75, 3.05) is 9.80 Å². The average Bonchev–Trinajstić information content (AvgIpc) is 3.86. The predicted molar refractivity (Wildman–Crippen MR) is 250 cm³/mol. The summed E-state index contributed by atoms with van der Waals surface area (Å²) >= 11 is 0. The monoisotopic (exact) mass is 766 g/mol. The highest BCUT2D eigenvalue weighted by atomic mass is 15.2. The minimum Gasteiger partial charge on any atom is -0.310 e. The van der Waals surface area contributed by atoms with Crippen LogP contribution >= 0.6 is 0 Å². The SMILES string of the molecule is CC1(C)c2ccccc2-c2ccc(N(c3ccccc3)c3cccc4c3-c3ccccc3C43c4ccccc4-c4ccc(N(c5ccccc5)c5ccccc5)cc43)cc21. The van der Waals surface area contributed by atoms with Gasteiger partial charge in [-0.3, -0.25) is 0 Å². The highest BCUT2D eigenvalue weighted by Crippen LogP contribution is 2.65. The average molecular weight is 767 g/mol. The van der Waals surface area contributed by atoms with Crippen molar-refractivity contribution >= 4 is 34.1 Å². The van der Waals surface area contributed by atoms with E-state index in [0.717, 1.165) is 28.4 Å². The highest BCUT2D eigenvalue weighted by molar-refractivity contribution is 6.02. The van der Waals surface area contributed by atoms with E-state index in [1.165, 1.54) is 72.4 Å². The van der Waals surface area contributed by atoms with Crippen molar-refractivity contribution in [3.8, 4) is 33.4 Å². The van der Waals surface area contributed by atoms with Crippen molar-refractivity contribution in [3.05, 3.63) is 252 Å². The molecule has 0 heterocycles. The fourth-order valence-corrected chi connectivity index (χ4v) is 10.9. The van der Waals surface area contributed by atoms with Crippen LogP contribution in [-0.4, -0.2) is 0 Å². The first kappa shape index (κ1) is 34.6. The van der Waals surface area contributed by atoms with E-state index in [9.17, 15) is 0 Å². The third-order valence-corrected chi connectivity index (χ3v) is 13.4. The Kier molecular flexibility index (Phi) is 7.52. The molecule has 0 aliphatic heterocycles. The number of hydrogen-bond donors (Lipinski definition) is 0. The molecule has 60 heavy (non-hydrogen) atoms. The van der Waals surface area contributed by atoms with Gasteiger partial charge in [0.1, 0.15) is 0 Å². The number of benzene rings is 9. The molecule has 2 heteroatoms. The zero-order chi connectivity index (χ0) is 40.0. The molecule has 1 unspecified atom stereocenters. The molecule has 1 atom stereocenters. The van der Waals surface area contributed by atoms with Gasteiger partial charge in [0, 0.05) is 39.4 Å². The Balaban J connectivity index is 1.12. The van der Waals surface area contributed by atoms with Crippen LogP contribution in [0, 0.1) is 0 Å². The lowest BCUT2D eigenvalue weighted by atomic mass is 9.70. The maximum Gasteiger partial charge on any atom is 0.0727 e. The molecule has 3 aliphatic rings. The van der Waals surface area contributed by atoms with Crippen LogP contribution in [0.5, 0.6) is 0 Å². The fourth-order valence-electron chi connectivity index (χ4n) is 10.9. The van der Waals surface area contributed by atoms with Gasteiger partial charge in [0.15, 0.2) is 0 Å². The van der Waals surface area contributed by atoms with Gasteiger partial charge in [-0.05, 0) is 128 Å². The molecule has 0 radical (unpaired) electrons. The lowest BCUT2D eigenvalue weighted by Gasteiger charge is -2.33.